The molecule has 0 radical (unpaired) electrons. The first kappa shape index (κ1) is 25.3. The smallest absolute Gasteiger partial charge is 0.444 e. The Kier molecular flexibility index (Phi) is 7.10. The third-order valence-electron chi connectivity index (χ3n) is 4.95. The number of aryl methyl sites for hydroxylation is 1. The van der Waals surface area contributed by atoms with Gasteiger partial charge in [0.25, 0.3) is 0 Å². The quantitative estimate of drug-likeness (QED) is 0.690. The predicted octanol–water partition coefficient (Wildman–Crippen LogP) is 2.85. The fourth-order valence-corrected chi connectivity index (χ4v) is 3.52. The van der Waals surface area contributed by atoms with E-state index in [4.69, 9.17) is 4.74 Å². The summed E-state index contributed by atoms with van der Waals surface area (Å²) in [7, 11) is 0. The Morgan fingerprint density at radius 3 is 2.41 bits per heavy atom. The summed E-state index contributed by atoms with van der Waals surface area (Å²) in [6, 6.07) is 2.14. The van der Waals surface area contributed by atoms with Crippen molar-refractivity contribution in [1.82, 2.24) is 25.2 Å². The summed E-state index contributed by atoms with van der Waals surface area (Å²) in [5.41, 5.74) is 1.13. The van der Waals surface area contributed by atoms with Gasteiger partial charge in [0.05, 0.1) is 18.3 Å². The first-order valence-electron chi connectivity index (χ1n) is 10.6. The van der Waals surface area contributed by atoms with E-state index in [1.54, 1.807) is 39.8 Å². The van der Waals surface area contributed by atoms with Crippen LogP contribution in [0.5, 0.6) is 0 Å². The first-order valence-corrected chi connectivity index (χ1v) is 10.6. The summed E-state index contributed by atoms with van der Waals surface area (Å²) in [5, 5.41) is 12.9. The van der Waals surface area contributed by atoms with Crippen molar-refractivity contribution in [2.75, 3.05) is 6.54 Å². The molecule has 2 aromatic heterocycles. The van der Waals surface area contributed by atoms with Gasteiger partial charge in [-0.3, -0.25) is 14.7 Å². The molecule has 2 atom stereocenters. The lowest BCUT2D eigenvalue weighted by Crippen LogP contribution is -2.51. The highest BCUT2D eigenvalue weighted by Gasteiger charge is 2.42. The molecule has 1 fully saturated rings. The lowest BCUT2D eigenvalue weighted by atomic mass is 10.1. The molecule has 184 valence electrons. The van der Waals surface area contributed by atoms with Crippen molar-refractivity contribution in [2.24, 2.45) is 0 Å². The van der Waals surface area contributed by atoms with Crippen LogP contribution >= 0.6 is 0 Å². The minimum Gasteiger partial charge on any atom is -0.444 e. The van der Waals surface area contributed by atoms with Crippen LogP contribution in [0.3, 0.4) is 0 Å². The average molecular weight is 481 g/mol. The van der Waals surface area contributed by atoms with Crippen molar-refractivity contribution in [2.45, 2.75) is 64.6 Å². The Labute approximate surface area is 194 Å². The van der Waals surface area contributed by atoms with E-state index in [1.165, 1.54) is 4.90 Å². The highest BCUT2D eigenvalue weighted by Crippen LogP contribution is 2.27. The highest BCUT2D eigenvalue weighted by molar-refractivity contribution is 5.87. The summed E-state index contributed by atoms with van der Waals surface area (Å²) in [6.07, 6.45) is -4.00. The molecule has 1 saturated heterocycles. The van der Waals surface area contributed by atoms with E-state index in [9.17, 15) is 27.9 Å². The number of hydrogen-bond donors (Lipinski definition) is 2. The van der Waals surface area contributed by atoms with E-state index in [2.05, 4.69) is 20.3 Å². The van der Waals surface area contributed by atoms with Gasteiger partial charge in [0.15, 0.2) is 0 Å². The predicted molar refractivity (Wildman–Crippen MR) is 114 cm³/mol. The van der Waals surface area contributed by atoms with Crippen LogP contribution in [-0.4, -0.2) is 61.3 Å². The van der Waals surface area contributed by atoms with Crippen LogP contribution in [-0.2, 0) is 22.3 Å². The Morgan fingerprint density at radius 1 is 1.18 bits per heavy atom. The van der Waals surface area contributed by atoms with Gasteiger partial charge in [-0.1, -0.05) is 0 Å². The normalized spacial score (nSPS) is 18.6. The third kappa shape index (κ3) is 6.19. The fraction of sp³-hybridized carbons (Fsp3) is 0.500. The molecule has 0 saturated carbocycles. The van der Waals surface area contributed by atoms with Crippen LogP contribution in [0.25, 0.3) is 11.1 Å². The van der Waals surface area contributed by atoms with Crippen LogP contribution in [0.1, 0.15) is 44.4 Å². The van der Waals surface area contributed by atoms with Crippen molar-refractivity contribution in [1.29, 1.82) is 0 Å². The number of carbonyl (C=O) groups is 2. The van der Waals surface area contributed by atoms with Crippen LogP contribution in [0, 0.1) is 6.92 Å². The van der Waals surface area contributed by atoms with Crippen LogP contribution in [0.15, 0.2) is 24.5 Å². The maximum Gasteiger partial charge on any atom is 0.451 e. The molecule has 3 heterocycles. The van der Waals surface area contributed by atoms with Crippen LogP contribution in [0.4, 0.5) is 18.0 Å². The largest absolute Gasteiger partial charge is 0.451 e. The van der Waals surface area contributed by atoms with Crippen LogP contribution < -0.4 is 5.32 Å². The molecule has 0 spiro atoms. The number of aromatic nitrogens is 3. The minimum atomic E-state index is -4.64. The van der Waals surface area contributed by atoms with Crippen molar-refractivity contribution in [3.8, 4) is 11.1 Å². The molecule has 2 N–H and O–H groups in total. The zero-order chi connectivity index (χ0) is 25.3. The summed E-state index contributed by atoms with van der Waals surface area (Å²) in [5.74, 6) is -1.81. The number of pyridine rings is 1. The highest BCUT2D eigenvalue weighted by atomic mass is 19.4. The van der Waals surface area contributed by atoms with Crippen molar-refractivity contribution >= 4 is 12.0 Å². The Morgan fingerprint density at radius 2 is 1.82 bits per heavy atom. The number of alkyl halides is 3. The topological polar surface area (TPSA) is 118 Å². The monoisotopic (exact) mass is 481 g/mol. The van der Waals surface area contributed by atoms with Gasteiger partial charge in [-0.2, -0.15) is 13.2 Å². The number of nitrogens with one attached hydrogen (secondary N) is 1. The van der Waals surface area contributed by atoms with E-state index in [1.807, 2.05) is 0 Å². The molecular formula is C22H26F3N5O4. The molecular weight excluding hydrogens is 455 g/mol. The maximum atomic E-state index is 12.8. The number of hydrogen-bond acceptors (Lipinski definition) is 7. The second-order valence-electron chi connectivity index (χ2n) is 8.97. The van der Waals surface area contributed by atoms with E-state index in [-0.39, 0.29) is 19.5 Å². The van der Waals surface area contributed by atoms with Crippen molar-refractivity contribution in [3.63, 3.8) is 0 Å². The number of nitrogens with zero attached hydrogens (tertiary/aromatic N) is 4. The van der Waals surface area contributed by atoms with E-state index in [0.29, 0.717) is 22.5 Å². The number of halogens is 3. The number of likely N-dealkylation sites (tertiary alicyclic amines) is 1. The SMILES string of the molecule is Cc1cc(-c2cnc(C(F)(F)F)nc2)cc(CNC(=O)C2C(O)CCN2C(=O)OC(C)(C)C)n1. The summed E-state index contributed by atoms with van der Waals surface area (Å²) >= 11 is 0. The van der Waals surface area contributed by atoms with Gasteiger partial charge in [-0.25, -0.2) is 14.8 Å². The number of ether oxygens (including phenoxy) is 1. The molecule has 12 heteroatoms. The Balaban J connectivity index is 1.72. The van der Waals surface area contributed by atoms with Gasteiger partial charge in [-0.15, -0.1) is 0 Å². The molecule has 0 aromatic carbocycles. The summed E-state index contributed by atoms with van der Waals surface area (Å²) in [6.45, 7) is 6.96. The second kappa shape index (κ2) is 9.53. The molecule has 1 aliphatic rings. The molecule has 2 unspecified atom stereocenters. The lowest BCUT2D eigenvalue weighted by Gasteiger charge is -2.28. The maximum absolute atomic E-state index is 12.8. The van der Waals surface area contributed by atoms with Gasteiger partial charge in [0.2, 0.25) is 11.7 Å². The van der Waals surface area contributed by atoms with Crippen LogP contribution in [0.2, 0.25) is 0 Å². The molecule has 2 aromatic rings. The van der Waals surface area contributed by atoms with Gasteiger partial charge < -0.3 is 15.2 Å². The van der Waals surface area contributed by atoms with Crippen molar-refractivity contribution in [3.05, 3.63) is 41.7 Å². The number of carbonyl (C=O) groups excluding carboxylic acids is 2. The number of amides is 2. The number of aliphatic hydroxyl groups excluding tert-OH is 1. The van der Waals surface area contributed by atoms with Gasteiger partial charge in [-0.05, 0) is 51.8 Å². The molecule has 0 aliphatic carbocycles. The zero-order valence-corrected chi connectivity index (χ0v) is 19.2. The molecule has 2 amide bonds. The zero-order valence-electron chi connectivity index (χ0n) is 19.2. The molecule has 1 aliphatic heterocycles. The van der Waals surface area contributed by atoms with E-state index < -0.39 is 41.7 Å². The van der Waals surface area contributed by atoms with Gasteiger partial charge >= 0.3 is 12.3 Å². The molecule has 0 bridgehead atoms. The lowest BCUT2D eigenvalue weighted by molar-refractivity contribution is -0.145. The minimum absolute atomic E-state index is 0.0274. The average Bonchev–Trinajstić information content (AvgIpc) is 3.11. The summed E-state index contributed by atoms with van der Waals surface area (Å²) in [4.78, 5) is 37.5. The first-order chi connectivity index (χ1) is 15.7. The Bertz CT molecular complexity index is 1050. The van der Waals surface area contributed by atoms with Gasteiger partial charge in [0, 0.05) is 30.2 Å². The van der Waals surface area contributed by atoms with E-state index >= 15 is 0 Å². The fourth-order valence-electron chi connectivity index (χ4n) is 3.52. The second-order valence-corrected chi connectivity index (χ2v) is 8.97. The third-order valence-corrected chi connectivity index (χ3v) is 4.95. The van der Waals surface area contributed by atoms with Gasteiger partial charge in [0.1, 0.15) is 11.6 Å². The van der Waals surface area contributed by atoms with Crippen molar-refractivity contribution < 1.29 is 32.6 Å². The standard InChI is InChI=1S/C22H26F3N5O4/c1-12-7-13(14-9-27-19(28-10-14)22(23,24)25)8-15(29-12)11-26-18(32)17-16(31)5-6-30(17)20(33)34-21(2,3)4/h7-10,16-17,31H,5-6,11H2,1-4H3,(H,26,32). The molecule has 3 rings (SSSR count). The Hall–Kier alpha value is -3.28. The molecule has 9 nitrogen and oxygen atoms in total. The van der Waals surface area contributed by atoms with E-state index in [0.717, 1.165) is 12.4 Å². The summed E-state index contributed by atoms with van der Waals surface area (Å²) < 4.78 is 43.5. The number of rotatable bonds is 4. The molecule has 34 heavy (non-hydrogen) atoms. The number of aliphatic hydroxyl groups is 1.